The molecular weight excluding hydrogens is 358 g/mol. The number of amides is 2. The molecule has 0 aromatic carbocycles. The monoisotopic (exact) mass is 395 g/mol. The lowest BCUT2D eigenvalue weighted by Crippen LogP contribution is -2.56. The van der Waals surface area contributed by atoms with Crippen LogP contribution in [0.15, 0.2) is 16.6 Å². The van der Waals surface area contributed by atoms with Crippen LogP contribution < -0.4 is 11.1 Å². The number of nitrogens with zero attached hydrogens (tertiary/aromatic N) is 1. The Kier molecular flexibility index (Phi) is 7.23. The first-order valence-corrected chi connectivity index (χ1v) is 9.73. The van der Waals surface area contributed by atoms with Crippen LogP contribution in [-0.2, 0) is 9.59 Å². The number of aliphatic imine (C=N–C) groups is 1. The lowest BCUT2D eigenvalue weighted by atomic mass is 9.59. The molecule has 0 saturated carbocycles. The van der Waals surface area contributed by atoms with Gasteiger partial charge < -0.3 is 21.3 Å². The van der Waals surface area contributed by atoms with Gasteiger partial charge in [0.1, 0.15) is 0 Å². The van der Waals surface area contributed by atoms with Gasteiger partial charge in [0.05, 0.1) is 29.7 Å². The standard InChI is InChI=1S/C21H37N3O4/c1-12-14(17(27)24-16(11-26)20(6,7)8)9-21(18(22)28,13(2)23-12)15(10-25)19(3,4)5/h9,13,15-16,25-26H,10-11H2,1-8H3,(H2,22,28)(H,24,27)/t13?,15-,16+,21?/m0/s1. The van der Waals surface area contributed by atoms with Crippen molar-refractivity contribution in [3.8, 4) is 0 Å². The fourth-order valence-electron chi connectivity index (χ4n) is 3.91. The molecule has 1 heterocycles. The number of carbonyl (C=O) groups excluding carboxylic acids is 2. The lowest BCUT2D eigenvalue weighted by Gasteiger charge is -2.46. The summed E-state index contributed by atoms with van der Waals surface area (Å²) < 4.78 is 0. The summed E-state index contributed by atoms with van der Waals surface area (Å²) in [5.74, 6) is -1.56. The number of hydrogen-bond acceptors (Lipinski definition) is 5. The van der Waals surface area contributed by atoms with Crippen molar-refractivity contribution < 1.29 is 19.8 Å². The maximum atomic E-state index is 13.0. The Labute approximate surface area is 168 Å². The van der Waals surface area contributed by atoms with Gasteiger partial charge in [-0.1, -0.05) is 47.6 Å². The van der Waals surface area contributed by atoms with Crippen molar-refractivity contribution in [2.75, 3.05) is 13.2 Å². The largest absolute Gasteiger partial charge is 0.396 e. The molecule has 0 spiro atoms. The number of hydrogen-bond donors (Lipinski definition) is 4. The summed E-state index contributed by atoms with van der Waals surface area (Å²) in [5.41, 5.74) is 4.49. The van der Waals surface area contributed by atoms with E-state index >= 15 is 0 Å². The van der Waals surface area contributed by atoms with E-state index in [0.29, 0.717) is 5.71 Å². The minimum absolute atomic E-state index is 0.211. The highest BCUT2D eigenvalue weighted by Gasteiger charge is 2.53. The first kappa shape index (κ1) is 24.3. The van der Waals surface area contributed by atoms with E-state index in [-0.39, 0.29) is 24.2 Å². The molecule has 160 valence electrons. The molecule has 1 rings (SSSR count). The third-order valence-electron chi connectivity index (χ3n) is 5.86. The second-order valence-corrected chi connectivity index (χ2v) is 9.92. The number of rotatable bonds is 6. The van der Waals surface area contributed by atoms with Gasteiger partial charge in [0, 0.05) is 18.2 Å². The van der Waals surface area contributed by atoms with E-state index < -0.39 is 40.6 Å². The van der Waals surface area contributed by atoms with Crippen LogP contribution in [0.1, 0.15) is 55.4 Å². The Morgan fingerprint density at radius 1 is 1.18 bits per heavy atom. The second kappa shape index (κ2) is 8.33. The van der Waals surface area contributed by atoms with E-state index in [1.807, 2.05) is 41.5 Å². The molecule has 0 fully saturated rings. The zero-order chi connectivity index (χ0) is 22.1. The van der Waals surface area contributed by atoms with Crippen molar-refractivity contribution in [3.63, 3.8) is 0 Å². The Bertz CT molecular complexity index is 670. The fourth-order valence-corrected chi connectivity index (χ4v) is 3.91. The molecular formula is C21H37N3O4. The third-order valence-corrected chi connectivity index (χ3v) is 5.86. The maximum Gasteiger partial charge on any atom is 0.253 e. The summed E-state index contributed by atoms with van der Waals surface area (Å²) >= 11 is 0. The van der Waals surface area contributed by atoms with Crippen LogP contribution in [0.5, 0.6) is 0 Å². The number of carbonyl (C=O) groups is 2. The van der Waals surface area contributed by atoms with E-state index in [9.17, 15) is 19.8 Å². The van der Waals surface area contributed by atoms with E-state index in [1.165, 1.54) is 0 Å². The van der Waals surface area contributed by atoms with Gasteiger partial charge >= 0.3 is 0 Å². The summed E-state index contributed by atoms with van der Waals surface area (Å²) in [6.07, 6.45) is 1.58. The van der Waals surface area contributed by atoms with Gasteiger partial charge in [-0.05, 0) is 24.7 Å². The SMILES string of the molecule is CC1=NC(C)C(C(N)=O)([C@@H](CO)C(C)(C)C)C=C1C(=O)N[C@H](CO)C(C)(C)C. The Morgan fingerprint density at radius 3 is 2.07 bits per heavy atom. The van der Waals surface area contributed by atoms with Gasteiger partial charge in [-0.15, -0.1) is 0 Å². The maximum absolute atomic E-state index is 13.0. The van der Waals surface area contributed by atoms with Crippen LogP contribution in [0.3, 0.4) is 0 Å². The molecule has 0 bridgehead atoms. The average molecular weight is 396 g/mol. The molecule has 1 aliphatic rings. The predicted molar refractivity (Wildman–Crippen MR) is 111 cm³/mol. The highest BCUT2D eigenvalue weighted by molar-refractivity contribution is 6.22. The Balaban J connectivity index is 3.51. The summed E-state index contributed by atoms with van der Waals surface area (Å²) in [4.78, 5) is 30.2. The quantitative estimate of drug-likeness (QED) is 0.543. The van der Waals surface area contributed by atoms with E-state index in [4.69, 9.17) is 5.73 Å². The fraction of sp³-hybridized carbons (Fsp3) is 0.762. The molecule has 0 aromatic rings. The van der Waals surface area contributed by atoms with E-state index in [2.05, 4.69) is 10.3 Å². The number of nitrogens with one attached hydrogen (secondary N) is 1. The first-order chi connectivity index (χ1) is 12.6. The van der Waals surface area contributed by atoms with Gasteiger partial charge in [-0.3, -0.25) is 14.6 Å². The predicted octanol–water partition coefficient (Wildman–Crippen LogP) is 1.43. The molecule has 4 atom stereocenters. The van der Waals surface area contributed by atoms with Crippen molar-refractivity contribution in [1.29, 1.82) is 0 Å². The van der Waals surface area contributed by atoms with Crippen LogP contribution in [0, 0.1) is 22.2 Å². The van der Waals surface area contributed by atoms with Crippen molar-refractivity contribution in [3.05, 3.63) is 11.6 Å². The summed E-state index contributed by atoms with van der Waals surface area (Å²) in [5, 5.41) is 22.6. The van der Waals surface area contributed by atoms with Crippen molar-refractivity contribution in [1.82, 2.24) is 5.32 Å². The number of aliphatic hydroxyl groups excluding tert-OH is 2. The number of primary amides is 1. The molecule has 0 radical (unpaired) electrons. The summed E-state index contributed by atoms with van der Waals surface area (Å²) in [6, 6.07) is -0.985. The molecule has 0 aromatic heterocycles. The molecule has 1 aliphatic heterocycles. The number of nitrogens with two attached hydrogens (primary N) is 1. The van der Waals surface area contributed by atoms with E-state index in [0.717, 1.165) is 0 Å². The van der Waals surface area contributed by atoms with Gasteiger partial charge in [0.25, 0.3) is 5.91 Å². The van der Waals surface area contributed by atoms with Crippen molar-refractivity contribution >= 4 is 17.5 Å². The van der Waals surface area contributed by atoms with Gasteiger partial charge in [-0.25, -0.2) is 0 Å². The average Bonchev–Trinajstić information content (AvgIpc) is 2.52. The van der Waals surface area contributed by atoms with Crippen LogP contribution in [-0.4, -0.2) is 53.0 Å². The molecule has 28 heavy (non-hydrogen) atoms. The molecule has 0 aliphatic carbocycles. The smallest absolute Gasteiger partial charge is 0.253 e. The van der Waals surface area contributed by atoms with Crippen LogP contribution in [0.25, 0.3) is 0 Å². The van der Waals surface area contributed by atoms with Crippen LogP contribution in [0.2, 0.25) is 0 Å². The number of dihydropyridines is 1. The van der Waals surface area contributed by atoms with Gasteiger partial charge in [0.15, 0.2) is 0 Å². The Morgan fingerprint density at radius 2 is 1.71 bits per heavy atom. The third kappa shape index (κ3) is 4.63. The first-order valence-electron chi connectivity index (χ1n) is 9.73. The lowest BCUT2D eigenvalue weighted by molar-refractivity contribution is -0.133. The normalized spacial score (nSPS) is 25.4. The van der Waals surface area contributed by atoms with Crippen LogP contribution >= 0.6 is 0 Å². The molecule has 5 N–H and O–H groups in total. The topological polar surface area (TPSA) is 125 Å². The molecule has 2 amide bonds. The zero-order valence-corrected chi connectivity index (χ0v) is 18.5. The minimum Gasteiger partial charge on any atom is -0.396 e. The van der Waals surface area contributed by atoms with Crippen molar-refractivity contribution in [2.24, 2.45) is 32.9 Å². The summed E-state index contributed by atoms with van der Waals surface area (Å²) in [6.45, 7) is 14.5. The highest BCUT2D eigenvalue weighted by Crippen LogP contribution is 2.47. The summed E-state index contributed by atoms with van der Waals surface area (Å²) in [7, 11) is 0. The molecule has 0 saturated heterocycles. The van der Waals surface area contributed by atoms with E-state index in [1.54, 1.807) is 19.9 Å². The highest BCUT2D eigenvalue weighted by atomic mass is 16.3. The van der Waals surface area contributed by atoms with Gasteiger partial charge in [0.2, 0.25) is 5.91 Å². The second-order valence-electron chi connectivity index (χ2n) is 9.92. The molecule has 7 nitrogen and oxygen atoms in total. The number of aliphatic hydroxyl groups is 2. The molecule has 7 heteroatoms. The minimum atomic E-state index is -1.30. The van der Waals surface area contributed by atoms with Crippen molar-refractivity contribution in [2.45, 2.75) is 67.5 Å². The zero-order valence-electron chi connectivity index (χ0n) is 18.5. The molecule has 2 unspecified atom stereocenters. The Hall–Kier alpha value is -1.73. The van der Waals surface area contributed by atoms with Crippen LogP contribution in [0.4, 0.5) is 0 Å². The van der Waals surface area contributed by atoms with Gasteiger partial charge in [-0.2, -0.15) is 0 Å².